The molecule has 3 aromatic carbocycles. The van der Waals surface area contributed by atoms with E-state index in [2.05, 4.69) is 10.5 Å². The lowest BCUT2D eigenvalue weighted by Crippen LogP contribution is -2.20. The van der Waals surface area contributed by atoms with Crippen LogP contribution in [0.4, 0.5) is 0 Å². The van der Waals surface area contributed by atoms with Crippen molar-refractivity contribution in [2.45, 2.75) is 13.0 Å². The van der Waals surface area contributed by atoms with E-state index in [-0.39, 0.29) is 12.3 Å². The fourth-order valence-corrected chi connectivity index (χ4v) is 2.78. The lowest BCUT2D eigenvalue weighted by Gasteiger charge is -2.07. The van der Waals surface area contributed by atoms with Crippen LogP contribution in [0.1, 0.15) is 16.7 Å². The SMILES string of the molecule is COc1ccc(Cl)c(CC(=O)N/N=C/c2ccc(OCc3ccccc3)cc2)c1. The predicted molar refractivity (Wildman–Crippen MR) is 115 cm³/mol. The van der Waals surface area contributed by atoms with E-state index in [0.717, 1.165) is 16.9 Å². The summed E-state index contributed by atoms with van der Waals surface area (Å²) < 4.78 is 10.9. The van der Waals surface area contributed by atoms with Gasteiger partial charge in [0.15, 0.2) is 0 Å². The third kappa shape index (κ3) is 6.36. The number of amides is 1. The molecule has 0 aromatic heterocycles. The molecule has 0 bridgehead atoms. The van der Waals surface area contributed by atoms with Crippen molar-refractivity contribution in [3.8, 4) is 11.5 Å². The molecule has 0 aliphatic heterocycles. The highest BCUT2D eigenvalue weighted by molar-refractivity contribution is 6.31. The smallest absolute Gasteiger partial charge is 0.244 e. The summed E-state index contributed by atoms with van der Waals surface area (Å²) in [4.78, 5) is 12.1. The summed E-state index contributed by atoms with van der Waals surface area (Å²) in [6, 6.07) is 22.6. The van der Waals surface area contributed by atoms with E-state index in [0.29, 0.717) is 22.9 Å². The number of hydrogen-bond acceptors (Lipinski definition) is 4. The number of hydrogen-bond donors (Lipinski definition) is 1. The van der Waals surface area contributed by atoms with E-state index in [1.165, 1.54) is 0 Å². The first-order valence-electron chi connectivity index (χ1n) is 9.05. The average molecular weight is 409 g/mol. The van der Waals surface area contributed by atoms with Crippen molar-refractivity contribution in [1.82, 2.24) is 5.43 Å². The monoisotopic (exact) mass is 408 g/mol. The molecular formula is C23H21ClN2O3. The van der Waals surface area contributed by atoms with Gasteiger partial charge in [-0.2, -0.15) is 5.10 Å². The molecule has 5 nitrogen and oxygen atoms in total. The van der Waals surface area contributed by atoms with Gasteiger partial charge in [0.2, 0.25) is 5.91 Å². The van der Waals surface area contributed by atoms with Gasteiger partial charge >= 0.3 is 0 Å². The summed E-state index contributed by atoms with van der Waals surface area (Å²) >= 11 is 6.12. The summed E-state index contributed by atoms with van der Waals surface area (Å²) in [5.41, 5.74) is 5.14. The average Bonchev–Trinajstić information content (AvgIpc) is 2.75. The molecule has 1 amide bonds. The van der Waals surface area contributed by atoms with E-state index in [4.69, 9.17) is 21.1 Å². The molecule has 3 aromatic rings. The fourth-order valence-electron chi connectivity index (χ4n) is 2.60. The van der Waals surface area contributed by atoms with E-state index < -0.39 is 0 Å². The second-order valence-corrected chi connectivity index (χ2v) is 6.68. The van der Waals surface area contributed by atoms with Crippen LogP contribution in [0.2, 0.25) is 5.02 Å². The van der Waals surface area contributed by atoms with Crippen molar-refractivity contribution >= 4 is 23.7 Å². The third-order valence-corrected chi connectivity index (χ3v) is 4.50. The largest absolute Gasteiger partial charge is 0.497 e. The predicted octanol–water partition coefficient (Wildman–Crippen LogP) is 4.62. The van der Waals surface area contributed by atoms with Crippen molar-refractivity contribution in [2.75, 3.05) is 7.11 Å². The molecule has 0 atom stereocenters. The zero-order valence-electron chi connectivity index (χ0n) is 16.0. The van der Waals surface area contributed by atoms with Gasteiger partial charge in [-0.05, 0) is 59.2 Å². The number of rotatable bonds is 8. The summed E-state index contributed by atoms with van der Waals surface area (Å²) in [6.45, 7) is 0.511. The lowest BCUT2D eigenvalue weighted by molar-refractivity contribution is -0.120. The van der Waals surface area contributed by atoms with Gasteiger partial charge in [0, 0.05) is 5.02 Å². The highest BCUT2D eigenvalue weighted by atomic mass is 35.5. The molecule has 0 saturated carbocycles. The third-order valence-electron chi connectivity index (χ3n) is 4.14. The molecule has 6 heteroatoms. The van der Waals surface area contributed by atoms with Gasteiger partial charge in [-0.15, -0.1) is 0 Å². The van der Waals surface area contributed by atoms with Crippen LogP contribution in [-0.4, -0.2) is 19.2 Å². The topological polar surface area (TPSA) is 59.9 Å². The molecule has 0 unspecified atom stereocenters. The Labute approximate surface area is 174 Å². The van der Waals surface area contributed by atoms with Gasteiger partial charge < -0.3 is 9.47 Å². The Balaban J connectivity index is 1.49. The number of carbonyl (C=O) groups excluding carboxylic acids is 1. The number of halogens is 1. The fraction of sp³-hybridized carbons (Fsp3) is 0.130. The number of carbonyl (C=O) groups is 1. The van der Waals surface area contributed by atoms with Crippen LogP contribution in [-0.2, 0) is 17.8 Å². The van der Waals surface area contributed by atoms with Crippen molar-refractivity contribution in [3.05, 3.63) is 94.5 Å². The Kier molecular flexibility index (Phi) is 7.25. The van der Waals surface area contributed by atoms with Crippen molar-refractivity contribution in [1.29, 1.82) is 0 Å². The van der Waals surface area contributed by atoms with E-state index in [1.807, 2.05) is 54.6 Å². The Bertz CT molecular complexity index is 973. The molecule has 0 radical (unpaired) electrons. The Morgan fingerprint density at radius 2 is 1.76 bits per heavy atom. The zero-order chi connectivity index (χ0) is 20.5. The number of methoxy groups -OCH3 is 1. The molecule has 0 spiro atoms. The van der Waals surface area contributed by atoms with Crippen LogP contribution in [0.25, 0.3) is 0 Å². The Morgan fingerprint density at radius 1 is 1.03 bits per heavy atom. The standard InChI is InChI=1S/C23H21ClN2O3/c1-28-21-11-12-22(24)19(13-21)14-23(27)26-25-15-17-7-9-20(10-8-17)29-16-18-5-3-2-4-6-18/h2-13,15H,14,16H2,1H3,(H,26,27)/b25-15+. The molecule has 3 rings (SSSR count). The highest BCUT2D eigenvalue weighted by Gasteiger charge is 2.08. The summed E-state index contributed by atoms with van der Waals surface area (Å²) in [5.74, 6) is 1.15. The van der Waals surface area contributed by atoms with Crippen LogP contribution >= 0.6 is 11.6 Å². The summed E-state index contributed by atoms with van der Waals surface area (Å²) in [7, 11) is 1.56. The minimum absolute atomic E-state index is 0.111. The normalized spacial score (nSPS) is 10.7. The lowest BCUT2D eigenvalue weighted by atomic mass is 10.1. The van der Waals surface area contributed by atoms with Gasteiger partial charge in [-0.1, -0.05) is 41.9 Å². The van der Waals surface area contributed by atoms with Crippen molar-refractivity contribution in [2.24, 2.45) is 5.10 Å². The van der Waals surface area contributed by atoms with E-state index >= 15 is 0 Å². The molecular weight excluding hydrogens is 388 g/mol. The highest BCUT2D eigenvalue weighted by Crippen LogP contribution is 2.22. The van der Waals surface area contributed by atoms with Crippen LogP contribution in [0.15, 0.2) is 77.9 Å². The first-order chi connectivity index (χ1) is 14.1. The van der Waals surface area contributed by atoms with Gasteiger partial charge in [-0.3, -0.25) is 4.79 Å². The maximum Gasteiger partial charge on any atom is 0.244 e. The molecule has 0 heterocycles. The first kappa shape index (κ1) is 20.4. The van der Waals surface area contributed by atoms with Gasteiger partial charge in [0.1, 0.15) is 18.1 Å². The van der Waals surface area contributed by atoms with Crippen molar-refractivity contribution < 1.29 is 14.3 Å². The maximum absolute atomic E-state index is 12.1. The Hall–Kier alpha value is -3.31. The van der Waals surface area contributed by atoms with Crippen LogP contribution < -0.4 is 14.9 Å². The quantitative estimate of drug-likeness (QED) is 0.437. The van der Waals surface area contributed by atoms with Gasteiger partial charge in [0.05, 0.1) is 19.7 Å². The minimum atomic E-state index is -0.265. The minimum Gasteiger partial charge on any atom is -0.497 e. The van der Waals surface area contributed by atoms with E-state index in [9.17, 15) is 4.79 Å². The van der Waals surface area contributed by atoms with Gasteiger partial charge in [-0.25, -0.2) is 5.43 Å². The summed E-state index contributed by atoms with van der Waals surface area (Å²) in [6.07, 6.45) is 1.69. The van der Waals surface area contributed by atoms with Crippen LogP contribution in [0.3, 0.4) is 0 Å². The molecule has 0 fully saturated rings. The Morgan fingerprint density at radius 3 is 2.48 bits per heavy atom. The number of nitrogens with zero attached hydrogens (tertiary/aromatic N) is 1. The first-order valence-corrected chi connectivity index (χ1v) is 9.43. The molecule has 0 aliphatic carbocycles. The zero-order valence-corrected chi connectivity index (χ0v) is 16.7. The molecule has 29 heavy (non-hydrogen) atoms. The second kappa shape index (κ2) is 10.3. The van der Waals surface area contributed by atoms with Crippen LogP contribution in [0.5, 0.6) is 11.5 Å². The number of benzene rings is 3. The second-order valence-electron chi connectivity index (χ2n) is 6.27. The maximum atomic E-state index is 12.1. The molecule has 0 aliphatic rings. The molecule has 1 N–H and O–H groups in total. The summed E-state index contributed by atoms with van der Waals surface area (Å²) in [5, 5.41) is 4.50. The number of hydrazone groups is 1. The van der Waals surface area contributed by atoms with Crippen molar-refractivity contribution in [3.63, 3.8) is 0 Å². The van der Waals surface area contributed by atoms with Gasteiger partial charge in [0.25, 0.3) is 0 Å². The molecule has 0 saturated heterocycles. The number of ether oxygens (including phenoxy) is 2. The van der Waals surface area contributed by atoms with E-state index in [1.54, 1.807) is 31.5 Å². The number of nitrogens with one attached hydrogen (secondary N) is 1. The van der Waals surface area contributed by atoms with Crippen LogP contribution in [0, 0.1) is 0 Å². The molecule has 148 valence electrons.